The van der Waals surface area contributed by atoms with Gasteiger partial charge in [-0.3, -0.25) is 4.98 Å². The van der Waals surface area contributed by atoms with E-state index in [1.165, 1.54) is 25.7 Å². The molecule has 3 nitrogen and oxygen atoms in total. The lowest BCUT2D eigenvalue weighted by Gasteiger charge is -2.12. The Balaban J connectivity index is 2.18. The predicted molar refractivity (Wildman–Crippen MR) is 84.6 cm³/mol. The predicted octanol–water partition coefficient (Wildman–Crippen LogP) is 4.69. The Kier molecular flexibility index (Phi) is 5.14. The standard InChI is InChI=1S/C15H20BrN3/c1-3-4-5-6-9-17-13-11(2)19-15(16)12-8-7-10-18-14(12)13/h7-8,10,17H,3-6,9H2,1-2H3. The van der Waals surface area contributed by atoms with Crippen molar-refractivity contribution >= 4 is 32.5 Å². The van der Waals surface area contributed by atoms with Crippen LogP contribution >= 0.6 is 15.9 Å². The number of fused-ring (bicyclic) bond motifs is 1. The third kappa shape index (κ3) is 3.44. The van der Waals surface area contributed by atoms with Gasteiger partial charge in [-0.1, -0.05) is 26.2 Å². The molecule has 4 heteroatoms. The molecule has 0 aliphatic heterocycles. The molecule has 0 atom stereocenters. The number of aryl methyl sites for hydroxylation is 1. The molecular weight excluding hydrogens is 302 g/mol. The smallest absolute Gasteiger partial charge is 0.115 e. The van der Waals surface area contributed by atoms with Crippen LogP contribution in [0.2, 0.25) is 0 Å². The Morgan fingerprint density at radius 2 is 2.11 bits per heavy atom. The summed E-state index contributed by atoms with van der Waals surface area (Å²) in [4.78, 5) is 9.02. The summed E-state index contributed by atoms with van der Waals surface area (Å²) in [5.41, 5.74) is 3.06. The molecule has 0 saturated heterocycles. The fraction of sp³-hybridized carbons (Fsp3) is 0.467. The molecule has 102 valence electrons. The monoisotopic (exact) mass is 321 g/mol. The van der Waals surface area contributed by atoms with Gasteiger partial charge < -0.3 is 5.32 Å². The molecule has 0 unspecified atom stereocenters. The van der Waals surface area contributed by atoms with E-state index in [4.69, 9.17) is 0 Å². The fourth-order valence-corrected chi connectivity index (χ4v) is 2.77. The Morgan fingerprint density at radius 3 is 2.89 bits per heavy atom. The van der Waals surface area contributed by atoms with Crippen LogP contribution in [0.5, 0.6) is 0 Å². The van der Waals surface area contributed by atoms with Gasteiger partial charge >= 0.3 is 0 Å². The topological polar surface area (TPSA) is 37.8 Å². The summed E-state index contributed by atoms with van der Waals surface area (Å²) in [5, 5.41) is 4.56. The Morgan fingerprint density at radius 1 is 1.26 bits per heavy atom. The molecule has 0 radical (unpaired) electrons. The van der Waals surface area contributed by atoms with Crippen molar-refractivity contribution in [2.75, 3.05) is 11.9 Å². The molecule has 0 bridgehead atoms. The van der Waals surface area contributed by atoms with Gasteiger partial charge in [0.15, 0.2) is 0 Å². The minimum atomic E-state index is 0.865. The first-order valence-electron chi connectivity index (χ1n) is 6.88. The number of hydrogen-bond acceptors (Lipinski definition) is 3. The number of rotatable bonds is 6. The summed E-state index contributed by atoms with van der Waals surface area (Å²) in [6.45, 7) is 5.23. The van der Waals surface area contributed by atoms with Gasteiger partial charge in [-0.05, 0) is 41.4 Å². The summed E-state index contributed by atoms with van der Waals surface area (Å²) < 4.78 is 0.865. The number of aromatic nitrogens is 2. The Labute approximate surface area is 123 Å². The van der Waals surface area contributed by atoms with Crippen LogP contribution in [-0.2, 0) is 0 Å². The van der Waals surface area contributed by atoms with Gasteiger partial charge in [0.05, 0.1) is 16.9 Å². The van der Waals surface area contributed by atoms with Crippen molar-refractivity contribution in [2.24, 2.45) is 0 Å². The van der Waals surface area contributed by atoms with Gasteiger partial charge in [0.1, 0.15) is 4.60 Å². The van der Waals surface area contributed by atoms with Crippen molar-refractivity contribution in [1.29, 1.82) is 0 Å². The molecule has 2 aromatic rings. The molecule has 0 fully saturated rings. The van der Waals surface area contributed by atoms with E-state index in [9.17, 15) is 0 Å². The third-order valence-electron chi connectivity index (χ3n) is 3.23. The molecule has 0 aliphatic carbocycles. The number of anilines is 1. The van der Waals surface area contributed by atoms with E-state index in [0.717, 1.165) is 33.4 Å². The summed E-state index contributed by atoms with van der Waals surface area (Å²) >= 11 is 3.51. The second-order valence-corrected chi connectivity index (χ2v) is 5.50. The van der Waals surface area contributed by atoms with Crippen molar-refractivity contribution in [2.45, 2.75) is 39.5 Å². The highest BCUT2D eigenvalue weighted by Gasteiger charge is 2.10. The zero-order valence-electron chi connectivity index (χ0n) is 11.5. The zero-order valence-corrected chi connectivity index (χ0v) is 13.1. The van der Waals surface area contributed by atoms with E-state index >= 15 is 0 Å². The maximum absolute atomic E-state index is 4.53. The van der Waals surface area contributed by atoms with Crippen LogP contribution in [-0.4, -0.2) is 16.5 Å². The van der Waals surface area contributed by atoms with E-state index in [2.05, 4.69) is 38.1 Å². The molecule has 1 N–H and O–H groups in total. The van der Waals surface area contributed by atoms with E-state index in [-0.39, 0.29) is 0 Å². The third-order valence-corrected chi connectivity index (χ3v) is 3.83. The lowest BCUT2D eigenvalue weighted by Crippen LogP contribution is -2.06. The maximum Gasteiger partial charge on any atom is 0.115 e. The first-order chi connectivity index (χ1) is 9.24. The highest BCUT2D eigenvalue weighted by atomic mass is 79.9. The van der Waals surface area contributed by atoms with Crippen molar-refractivity contribution in [3.8, 4) is 0 Å². The highest BCUT2D eigenvalue weighted by molar-refractivity contribution is 9.10. The Hall–Kier alpha value is -1.16. The molecule has 0 aliphatic rings. The highest BCUT2D eigenvalue weighted by Crippen LogP contribution is 2.29. The number of nitrogens with one attached hydrogen (secondary N) is 1. The van der Waals surface area contributed by atoms with E-state index in [1.807, 2.05) is 25.3 Å². The average Bonchev–Trinajstić information content (AvgIpc) is 2.42. The summed E-state index contributed by atoms with van der Waals surface area (Å²) in [6, 6.07) is 3.98. The molecule has 0 aromatic carbocycles. The fourth-order valence-electron chi connectivity index (χ4n) is 2.18. The van der Waals surface area contributed by atoms with Crippen LogP contribution in [0.3, 0.4) is 0 Å². The van der Waals surface area contributed by atoms with E-state index in [1.54, 1.807) is 0 Å². The van der Waals surface area contributed by atoms with Crippen LogP contribution in [0.15, 0.2) is 22.9 Å². The van der Waals surface area contributed by atoms with Gasteiger partial charge in [-0.25, -0.2) is 4.98 Å². The zero-order chi connectivity index (χ0) is 13.7. The number of nitrogens with zero attached hydrogens (tertiary/aromatic N) is 2. The minimum absolute atomic E-state index is 0.865. The Bertz CT molecular complexity index is 554. The van der Waals surface area contributed by atoms with Crippen molar-refractivity contribution in [1.82, 2.24) is 9.97 Å². The number of unbranched alkanes of at least 4 members (excludes halogenated alkanes) is 3. The van der Waals surface area contributed by atoms with Crippen LogP contribution in [0.1, 0.15) is 38.3 Å². The molecule has 0 spiro atoms. The van der Waals surface area contributed by atoms with Gasteiger partial charge in [-0.15, -0.1) is 0 Å². The largest absolute Gasteiger partial charge is 0.382 e. The van der Waals surface area contributed by atoms with E-state index < -0.39 is 0 Å². The van der Waals surface area contributed by atoms with Gasteiger partial charge in [0.2, 0.25) is 0 Å². The van der Waals surface area contributed by atoms with E-state index in [0.29, 0.717) is 0 Å². The summed E-state index contributed by atoms with van der Waals surface area (Å²) in [6.07, 6.45) is 6.87. The van der Waals surface area contributed by atoms with Crippen LogP contribution in [0, 0.1) is 6.92 Å². The molecular formula is C15H20BrN3. The molecule has 2 heterocycles. The van der Waals surface area contributed by atoms with Crippen LogP contribution in [0.25, 0.3) is 10.9 Å². The molecule has 0 amide bonds. The maximum atomic E-state index is 4.53. The van der Waals surface area contributed by atoms with Gasteiger partial charge in [0, 0.05) is 18.1 Å². The van der Waals surface area contributed by atoms with Crippen molar-refractivity contribution in [3.63, 3.8) is 0 Å². The first-order valence-corrected chi connectivity index (χ1v) is 7.68. The SMILES string of the molecule is CCCCCCNc1c(C)nc(Br)c2cccnc12. The molecule has 2 rings (SSSR count). The summed E-state index contributed by atoms with van der Waals surface area (Å²) in [5.74, 6) is 0. The average molecular weight is 322 g/mol. The number of pyridine rings is 2. The lowest BCUT2D eigenvalue weighted by molar-refractivity contribution is 0.685. The number of hydrogen-bond donors (Lipinski definition) is 1. The van der Waals surface area contributed by atoms with Gasteiger partial charge in [0.25, 0.3) is 0 Å². The number of halogens is 1. The van der Waals surface area contributed by atoms with Crippen molar-refractivity contribution in [3.05, 3.63) is 28.6 Å². The molecule has 2 aromatic heterocycles. The first kappa shape index (κ1) is 14.3. The van der Waals surface area contributed by atoms with Crippen LogP contribution in [0.4, 0.5) is 5.69 Å². The second kappa shape index (κ2) is 6.85. The minimum Gasteiger partial charge on any atom is -0.382 e. The van der Waals surface area contributed by atoms with Gasteiger partial charge in [-0.2, -0.15) is 0 Å². The van der Waals surface area contributed by atoms with Crippen molar-refractivity contribution < 1.29 is 0 Å². The molecule has 0 saturated carbocycles. The lowest BCUT2D eigenvalue weighted by atomic mass is 10.2. The second-order valence-electron chi connectivity index (χ2n) is 4.75. The molecule has 19 heavy (non-hydrogen) atoms. The quantitative estimate of drug-likeness (QED) is 0.619. The van der Waals surface area contributed by atoms with Crippen LogP contribution < -0.4 is 5.32 Å². The summed E-state index contributed by atoms with van der Waals surface area (Å²) in [7, 11) is 0. The normalized spacial score (nSPS) is 10.9.